The molecule has 8 heteroatoms. The van der Waals surface area contributed by atoms with Crippen LogP contribution in [0.25, 0.3) is 0 Å². The fourth-order valence-electron chi connectivity index (χ4n) is 1.74. The number of anilines is 2. The Labute approximate surface area is 128 Å². The number of nitrogens with two attached hydrogens (primary N) is 1. The molecule has 0 aliphatic heterocycles. The van der Waals surface area contributed by atoms with E-state index in [0.29, 0.717) is 5.82 Å². The van der Waals surface area contributed by atoms with Gasteiger partial charge in [0.1, 0.15) is 17.1 Å². The number of nitrogens with one attached hydrogen (secondary N) is 1. The Hall–Kier alpha value is -2.48. The molecular formula is C13H11BrN4O3. The van der Waals surface area contributed by atoms with Gasteiger partial charge in [0.05, 0.1) is 4.92 Å². The fraction of sp³-hybridized carbons (Fsp3) is 0.0769. The Kier molecular flexibility index (Phi) is 4.18. The van der Waals surface area contributed by atoms with Gasteiger partial charge in [0.25, 0.3) is 5.91 Å². The van der Waals surface area contributed by atoms with Gasteiger partial charge in [-0.25, -0.2) is 4.98 Å². The van der Waals surface area contributed by atoms with Gasteiger partial charge in [0, 0.05) is 10.7 Å². The molecule has 2 rings (SSSR count). The van der Waals surface area contributed by atoms with Gasteiger partial charge in [-0.05, 0) is 46.6 Å². The first-order chi connectivity index (χ1) is 9.90. The highest BCUT2D eigenvalue weighted by Gasteiger charge is 2.23. The Balaban J connectivity index is 2.35. The fourth-order valence-corrected chi connectivity index (χ4v) is 1.96. The largest absolute Gasteiger partial charge is 0.393 e. The highest BCUT2D eigenvalue weighted by molar-refractivity contribution is 9.10. The molecule has 1 amide bonds. The van der Waals surface area contributed by atoms with Crippen molar-refractivity contribution in [1.29, 1.82) is 0 Å². The average Bonchev–Trinajstić information content (AvgIpc) is 2.42. The van der Waals surface area contributed by atoms with E-state index >= 15 is 0 Å². The molecule has 3 N–H and O–H groups in total. The van der Waals surface area contributed by atoms with Crippen LogP contribution in [0.2, 0.25) is 0 Å². The minimum atomic E-state index is -0.676. The summed E-state index contributed by atoms with van der Waals surface area (Å²) in [6.45, 7) is 1.84. The lowest BCUT2D eigenvalue weighted by Gasteiger charge is -2.07. The van der Waals surface area contributed by atoms with E-state index < -0.39 is 16.5 Å². The number of nitrogen functional groups attached to an aromatic ring is 1. The smallest absolute Gasteiger partial charge is 0.304 e. The van der Waals surface area contributed by atoms with Crippen molar-refractivity contribution < 1.29 is 9.72 Å². The number of para-hydroxylation sites is 1. The molecule has 108 valence electrons. The van der Waals surface area contributed by atoms with Crippen molar-refractivity contribution >= 4 is 39.0 Å². The second-order valence-electron chi connectivity index (χ2n) is 4.27. The number of nitro benzene ring substituents is 1. The number of aryl methyl sites for hydroxylation is 1. The van der Waals surface area contributed by atoms with Crippen LogP contribution in [0, 0.1) is 17.0 Å². The third-order valence-corrected chi connectivity index (χ3v) is 3.61. The van der Waals surface area contributed by atoms with Crippen LogP contribution in [0.1, 0.15) is 15.9 Å². The van der Waals surface area contributed by atoms with Crippen LogP contribution in [0.15, 0.2) is 34.9 Å². The summed E-state index contributed by atoms with van der Waals surface area (Å²) < 4.78 is 0.801. The number of carbonyl (C=O) groups excluding carboxylic acids is 1. The van der Waals surface area contributed by atoms with E-state index in [0.717, 1.165) is 10.0 Å². The number of hydrogen-bond donors (Lipinski definition) is 2. The summed E-state index contributed by atoms with van der Waals surface area (Å²) in [6, 6.07) is 5.85. The minimum absolute atomic E-state index is 0.0624. The quantitative estimate of drug-likeness (QED) is 0.502. The highest BCUT2D eigenvalue weighted by atomic mass is 79.9. The molecule has 0 radical (unpaired) electrons. The van der Waals surface area contributed by atoms with Gasteiger partial charge >= 0.3 is 5.69 Å². The molecule has 0 fully saturated rings. The maximum Gasteiger partial charge on any atom is 0.304 e. The van der Waals surface area contributed by atoms with Crippen molar-refractivity contribution in [1.82, 2.24) is 4.98 Å². The third kappa shape index (κ3) is 3.16. The molecule has 0 bridgehead atoms. The number of nitrogens with zero attached hydrogens (tertiary/aromatic N) is 2. The summed E-state index contributed by atoms with van der Waals surface area (Å²) in [5.41, 5.74) is 5.85. The standard InChI is InChI=1S/C13H11BrN4O3/c1-7-5-11(16-6-9(7)14)17-13(19)8-3-2-4-10(15)12(8)18(20)21/h2-6H,15H2,1H3,(H,16,17,19). The zero-order valence-electron chi connectivity index (χ0n) is 11.0. The topological polar surface area (TPSA) is 111 Å². The molecule has 7 nitrogen and oxygen atoms in total. The van der Waals surface area contributed by atoms with Crippen molar-refractivity contribution in [3.8, 4) is 0 Å². The number of carbonyl (C=O) groups is 1. The Morgan fingerprint density at radius 1 is 1.48 bits per heavy atom. The van der Waals surface area contributed by atoms with Crippen LogP contribution >= 0.6 is 15.9 Å². The number of nitro groups is 1. The predicted octanol–water partition coefficient (Wildman–Crippen LogP) is 2.90. The predicted molar refractivity (Wildman–Crippen MR) is 82.1 cm³/mol. The first-order valence-electron chi connectivity index (χ1n) is 5.86. The number of amides is 1. The number of benzene rings is 1. The lowest BCUT2D eigenvalue weighted by molar-refractivity contribution is -0.384. The number of halogens is 1. The van der Waals surface area contributed by atoms with Gasteiger partial charge in [0.2, 0.25) is 0 Å². The van der Waals surface area contributed by atoms with Crippen molar-refractivity contribution in [2.24, 2.45) is 0 Å². The first-order valence-corrected chi connectivity index (χ1v) is 6.66. The molecule has 0 atom stereocenters. The van der Waals surface area contributed by atoms with Gasteiger partial charge in [0.15, 0.2) is 0 Å². The van der Waals surface area contributed by atoms with E-state index in [1.54, 1.807) is 12.3 Å². The summed E-state index contributed by atoms with van der Waals surface area (Å²) >= 11 is 3.30. The highest BCUT2D eigenvalue weighted by Crippen LogP contribution is 2.26. The van der Waals surface area contributed by atoms with Gasteiger partial charge in [-0.1, -0.05) is 6.07 Å². The maximum atomic E-state index is 12.2. The van der Waals surface area contributed by atoms with Crippen molar-refractivity contribution in [2.45, 2.75) is 6.92 Å². The van der Waals surface area contributed by atoms with Crippen LogP contribution in [-0.2, 0) is 0 Å². The van der Waals surface area contributed by atoms with Crippen molar-refractivity contribution in [2.75, 3.05) is 11.1 Å². The van der Waals surface area contributed by atoms with Gasteiger partial charge in [-0.3, -0.25) is 14.9 Å². The summed E-state index contributed by atoms with van der Waals surface area (Å²) in [5, 5.41) is 13.5. The molecule has 0 saturated carbocycles. The lowest BCUT2D eigenvalue weighted by Crippen LogP contribution is -2.15. The van der Waals surface area contributed by atoms with E-state index in [-0.39, 0.29) is 11.3 Å². The lowest BCUT2D eigenvalue weighted by atomic mass is 10.1. The molecule has 0 spiro atoms. The number of rotatable bonds is 3. The Bertz CT molecular complexity index is 733. The molecule has 0 unspecified atom stereocenters. The van der Waals surface area contributed by atoms with E-state index in [4.69, 9.17) is 5.73 Å². The zero-order chi connectivity index (χ0) is 15.6. The third-order valence-electron chi connectivity index (χ3n) is 2.78. The molecule has 21 heavy (non-hydrogen) atoms. The van der Waals surface area contributed by atoms with Crippen molar-refractivity contribution in [3.05, 3.63) is 56.2 Å². The van der Waals surface area contributed by atoms with Crippen molar-refractivity contribution in [3.63, 3.8) is 0 Å². The molecule has 1 aromatic carbocycles. The Morgan fingerprint density at radius 3 is 2.81 bits per heavy atom. The van der Waals surface area contributed by atoms with E-state index in [2.05, 4.69) is 26.2 Å². The minimum Gasteiger partial charge on any atom is -0.393 e. The second kappa shape index (κ2) is 5.88. The number of aromatic nitrogens is 1. The molecule has 1 aromatic heterocycles. The van der Waals surface area contributed by atoms with Crippen LogP contribution in [-0.4, -0.2) is 15.8 Å². The SMILES string of the molecule is Cc1cc(NC(=O)c2cccc(N)c2[N+](=O)[O-])ncc1Br. The molecule has 1 heterocycles. The first kappa shape index (κ1) is 14.9. The molecule has 0 saturated heterocycles. The summed E-state index contributed by atoms with van der Waals surface area (Å²) in [4.78, 5) is 26.5. The van der Waals surface area contributed by atoms with E-state index in [1.165, 1.54) is 18.2 Å². The normalized spacial score (nSPS) is 10.2. The monoisotopic (exact) mass is 350 g/mol. The second-order valence-corrected chi connectivity index (χ2v) is 5.13. The van der Waals surface area contributed by atoms with E-state index in [1.807, 2.05) is 6.92 Å². The Morgan fingerprint density at radius 2 is 2.19 bits per heavy atom. The summed E-state index contributed by atoms with van der Waals surface area (Å²) in [5.74, 6) is -0.333. The molecular weight excluding hydrogens is 340 g/mol. The molecule has 2 aromatic rings. The van der Waals surface area contributed by atoms with Gasteiger partial charge < -0.3 is 11.1 Å². The maximum absolute atomic E-state index is 12.2. The number of pyridine rings is 1. The van der Waals surface area contributed by atoms with Gasteiger partial charge in [-0.2, -0.15) is 0 Å². The van der Waals surface area contributed by atoms with Crippen LogP contribution in [0.3, 0.4) is 0 Å². The molecule has 0 aliphatic carbocycles. The molecule has 0 aliphatic rings. The van der Waals surface area contributed by atoms with Gasteiger partial charge in [-0.15, -0.1) is 0 Å². The zero-order valence-corrected chi connectivity index (χ0v) is 12.5. The van der Waals surface area contributed by atoms with Crippen LogP contribution < -0.4 is 11.1 Å². The average molecular weight is 351 g/mol. The van der Waals surface area contributed by atoms with E-state index in [9.17, 15) is 14.9 Å². The summed E-state index contributed by atoms with van der Waals surface area (Å²) in [7, 11) is 0. The number of hydrogen-bond acceptors (Lipinski definition) is 5. The van der Waals surface area contributed by atoms with Crippen LogP contribution in [0.5, 0.6) is 0 Å². The van der Waals surface area contributed by atoms with Crippen LogP contribution in [0.4, 0.5) is 17.2 Å². The summed E-state index contributed by atoms with van der Waals surface area (Å²) in [6.07, 6.45) is 1.54.